The molecule has 0 saturated carbocycles. The molecule has 4 nitrogen and oxygen atoms in total. The Balaban J connectivity index is 1.77. The van der Waals surface area contributed by atoms with Crippen molar-refractivity contribution >= 4 is 28.4 Å². The number of nitrogens with one attached hydrogen (secondary N) is 1. The van der Waals surface area contributed by atoms with E-state index in [2.05, 4.69) is 32.9 Å². The van der Waals surface area contributed by atoms with Crippen LogP contribution < -0.4 is 5.32 Å². The summed E-state index contributed by atoms with van der Waals surface area (Å²) in [5, 5.41) is 3.08. The van der Waals surface area contributed by atoms with Crippen molar-refractivity contribution in [1.82, 2.24) is 4.98 Å². The van der Waals surface area contributed by atoms with E-state index in [1.807, 2.05) is 6.07 Å². The molecule has 0 radical (unpaired) electrons. The second-order valence-corrected chi connectivity index (χ2v) is 5.02. The van der Waals surface area contributed by atoms with Gasteiger partial charge in [0.05, 0.1) is 25.9 Å². The first-order valence-electron chi connectivity index (χ1n) is 5.50. The van der Waals surface area contributed by atoms with Gasteiger partial charge in [0.15, 0.2) is 0 Å². The van der Waals surface area contributed by atoms with Crippen molar-refractivity contribution in [3.8, 4) is 0 Å². The van der Waals surface area contributed by atoms with E-state index < -0.39 is 5.95 Å². The monoisotopic (exact) mass is 352 g/mol. The highest BCUT2D eigenvalue weighted by Gasteiger charge is 2.13. The molecule has 1 aliphatic heterocycles. The summed E-state index contributed by atoms with van der Waals surface area (Å²) in [6, 6.07) is 3.20. The van der Waals surface area contributed by atoms with E-state index in [1.54, 1.807) is 0 Å². The number of rotatable bonds is 4. The van der Waals surface area contributed by atoms with Crippen LogP contribution >= 0.6 is 22.6 Å². The molecule has 1 saturated heterocycles. The van der Waals surface area contributed by atoms with Gasteiger partial charge in [-0.15, -0.1) is 0 Å². The minimum atomic E-state index is -0.461. The van der Waals surface area contributed by atoms with Crippen molar-refractivity contribution in [3.05, 3.63) is 21.7 Å². The number of hydrogen-bond donors (Lipinski definition) is 1. The summed E-state index contributed by atoms with van der Waals surface area (Å²) in [5.41, 5.74) is 0. The van der Waals surface area contributed by atoms with Gasteiger partial charge in [0.2, 0.25) is 5.95 Å². The maximum absolute atomic E-state index is 13.0. The molecule has 94 valence electrons. The van der Waals surface area contributed by atoms with E-state index in [4.69, 9.17) is 9.47 Å². The summed E-state index contributed by atoms with van der Waals surface area (Å²) >= 11 is 2.06. The number of ether oxygens (including phenoxy) is 2. The van der Waals surface area contributed by atoms with Gasteiger partial charge in [-0.2, -0.15) is 4.39 Å². The Bertz CT molecular complexity index is 352. The quantitative estimate of drug-likeness (QED) is 0.666. The fraction of sp³-hybridized carbons (Fsp3) is 0.545. The van der Waals surface area contributed by atoms with Crippen molar-refractivity contribution in [1.29, 1.82) is 0 Å². The zero-order chi connectivity index (χ0) is 12.1. The average Bonchev–Trinajstić information content (AvgIpc) is 2.29. The lowest BCUT2D eigenvalue weighted by Gasteiger charge is -2.22. The van der Waals surface area contributed by atoms with Gasteiger partial charge in [0.25, 0.3) is 0 Å². The average molecular weight is 352 g/mol. The standard InChI is InChI=1S/C11H14FIN2O2/c12-10-5-8(13)6-11(15-10)14-2-1-9-7-16-3-4-17-9/h5-6,9H,1-4,7H2,(H,14,15). The fourth-order valence-corrected chi connectivity index (χ4v) is 2.17. The zero-order valence-electron chi connectivity index (χ0n) is 9.29. The highest BCUT2D eigenvalue weighted by Crippen LogP contribution is 2.12. The Morgan fingerprint density at radius 3 is 3.06 bits per heavy atom. The molecule has 0 amide bonds. The number of anilines is 1. The number of nitrogens with zero attached hydrogens (tertiary/aromatic N) is 1. The zero-order valence-corrected chi connectivity index (χ0v) is 11.4. The van der Waals surface area contributed by atoms with Crippen LogP contribution in [0.5, 0.6) is 0 Å². The molecular weight excluding hydrogens is 338 g/mol. The van der Waals surface area contributed by atoms with Crippen LogP contribution in [0.2, 0.25) is 0 Å². The topological polar surface area (TPSA) is 43.4 Å². The number of pyridine rings is 1. The molecule has 2 rings (SSSR count). The number of aromatic nitrogens is 1. The van der Waals surface area contributed by atoms with Crippen molar-refractivity contribution in [2.24, 2.45) is 0 Å². The molecule has 6 heteroatoms. The Kier molecular flexibility index (Phi) is 4.93. The molecule has 1 unspecified atom stereocenters. The van der Waals surface area contributed by atoms with Crippen molar-refractivity contribution in [2.45, 2.75) is 12.5 Å². The van der Waals surface area contributed by atoms with E-state index in [0.29, 0.717) is 32.2 Å². The van der Waals surface area contributed by atoms with E-state index >= 15 is 0 Å². The van der Waals surface area contributed by atoms with Crippen LogP contribution in [0, 0.1) is 9.52 Å². The summed E-state index contributed by atoms with van der Waals surface area (Å²) in [4.78, 5) is 3.76. The fourth-order valence-electron chi connectivity index (χ4n) is 1.62. The molecule has 0 bridgehead atoms. The lowest BCUT2D eigenvalue weighted by atomic mass is 10.2. The Labute approximate surface area is 113 Å². The summed E-state index contributed by atoms with van der Waals surface area (Å²) in [6.45, 7) is 2.66. The largest absolute Gasteiger partial charge is 0.376 e. The summed E-state index contributed by atoms with van der Waals surface area (Å²) in [6.07, 6.45) is 0.957. The first-order valence-corrected chi connectivity index (χ1v) is 6.58. The molecule has 0 aliphatic carbocycles. The molecule has 0 aromatic carbocycles. The smallest absolute Gasteiger partial charge is 0.215 e. The highest BCUT2D eigenvalue weighted by atomic mass is 127. The Morgan fingerprint density at radius 1 is 1.47 bits per heavy atom. The molecule has 0 spiro atoms. The van der Waals surface area contributed by atoms with Gasteiger partial charge < -0.3 is 14.8 Å². The van der Waals surface area contributed by atoms with E-state index in [0.717, 1.165) is 9.99 Å². The van der Waals surface area contributed by atoms with E-state index in [1.165, 1.54) is 6.07 Å². The van der Waals surface area contributed by atoms with Crippen LogP contribution in [-0.2, 0) is 9.47 Å². The van der Waals surface area contributed by atoms with Crippen LogP contribution in [0.25, 0.3) is 0 Å². The van der Waals surface area contributed by atoms with Gasteiger partial charge in [-0.05, 0) is 35.1 Å². The number of hydrogen-bond acceptors (Lipinski definition) is 4. The van der Waals surface area contributed by atoms with Gasteiger partial charge in [0, 0.05) is 16.2 Å². The predicted octanol–water partition coefficient (Wildman–Crippen LogP) is 2.04. The SMILES string of the molecule is Fc1cc(I)cc(NCCC2COCCO2)n1. The summed E-state index contributed by atoms with van der Waals surface area (Å²) in [5.74, 6) is 0.0998. The lowest BCUT2D eigenvalue weighted by molar-refractivity contribution is -0.0892. The molecule has 2 heterocycles. The predicted molar refractivity (Wildman–Crippen MR) is 70.6 cm³/mol. The van der Waals surface area contributed by atoms with Crippen LogP contribution in [0.15, 0.2) is 12.1 Å². The van der Waals surface area contributed by atoms with Gasteiger partial charge >= 0.3 is 0 Å². The van der Waals surface area contributed by atoms with Crippen LogP contribution in [0.1, 0.15) is 6.42 Å². The molecule has 1 aliphatic rings. The first-order chi connectivity index (χ1) is 8.24. The van der Waals surface area contributed by atoms with E-state index in [9.17, 15) is 4.39 Å². The first kappa shape index (κ1) is 13.0. The van der Waals surface area contributed by atoms with Crippen LogP contribution in [0.4, 0.5) is 10.2 Å². The highest BCUT2D eigenvalue weighted by molar-refractivity contribution is 14.1. The second kappa shape index (κ2) is 6.46. The molecule has 1 atom stereocenters. The van der Waals surface area contributed by atoms with Crippen molar-refractivity contribution < 1.29 is 13.9 Å². The van der Waals surface area contributed by atoms with Gasteiger partial charge in [-0.3, -0.25) is 0 Å². The maximum Gasteiger partial charge on any atom is 0.215 e. The molecule has 1 aromatic rings. The summed E-state index contributed by atoms with van der Waals surface area (Å²) < 4.78 is 24.6. The summed E-state index contributed by atoms with van der Waals surface area (Å²) in [7, 11) is 0. The Hall–Kier alpha value is -0.470. The molecule has 1 fully saturated rings. The van der Waals surface area contributed by atoms with E-state index in [-0.39, 0.29) is 6.10 Å². The maximum atomic E-state index is 13.0. The molecular formula is C11H14FIN2O2. The third-order valence-corrected chi connectivity index (χ3v) is 3.04. The third-order valence-electron chi connectivity index (χ3n) is 2.42. The molecule has 17 heavy (non-hydrogen) atoms. The third kappa shape index (κ3) is 4.36. The minimum absolute atomic E-state index is 0.129. The molecule has 1 aromatic heterocycles. The van der Waals surface area contributed by atoms with Gasteiger partial charge in [-0.1, -0.05) is 0 Å². The second-order valence-electron chi connectivity index (χ2n) is 3.78. The lowest BCUT2D eigenvalue weighted by Crippen LogP contribution is -2.30. The molecule has 1 N–H and O–H groups in total. The van der Waals surface area contributed by atoms with Crippen LogP contribution in [0.3, 0.4) is 0 Å². The van der Waals surface area contributed by atoms with Gasteiger partial charge in [0.1, 0.15) is 5.82 Å². The van der Waals surface area contributed by atoms with Gasteiger partial charge in [-0.25, -0.2) is 4.98 Å². The number of halogens is 2. The Morgan fingerprint density at radius 2 is 2.35 bits per heavy atom. The van der Waals surface area contributed by atoms with Crippen LogP contribution in [-0.4, -0.2) is 37.5 Å². The minimum Gasteiger partial charge on any atom is -0.376 e. The van der Waals surface area contributed by atoms with Crippen molar-refractivity contribution in [3.63, 3.8) is 0 Å². The van der Waals surface area contributed by atoms with Crippen molar-refractivity contribution in [2.75, 3.05) is 31.7 Å². The normalized spacial score (nSPS) is 20.2.